The Morgan fingerprint density at radius 2 is 1.82 bits per heavy atom. The van der Waals surface area contributed by atoms with Crippen LogP contribution in [0.4, 0.5) is 17.1 Å². The minimum Gasteiger partial charge on any atom is -0.321 e. The van der Waals surface area contributed by atoms with E-state index in [1.54, 1.807) is 18.2 Å². The van der Waals surface area contributed by atoms with Gasteiger partial charge < -0.3 is 5.32 Å². The summed E-state index contributed by atoms with van der Waals surface area (Å²) in [5.41, 5.74) is 2.57. The lowest BCUT2D eigenvalue weighted by Gasteiger charge is -2.13. The van der Waals surface area contributed by atoms with Gasteiger partial charge in [-0.3, -0.25) is 13.4 Å². The van der Waals surface area contributed by atoms with Gasteiger partial charge in [-0.1, -0.05) is 6.07 Å². The molecule has 0 spiro atoms. The fourth-order valence-electron chi connectivity index (χ4n) is 2.34. The Kier molecular flexibility index (Phi) is 3.37. The van der Waals surface area contributed by atoms with Crippen LogP contribution in [-0.4, -0.2) is 28.4 Å². The van der Waals surface area contributed by atoms with Crippen molar-refractivity contribution >= 4 is 44.5 Å². The van der Waals surface area contributed by atoms with Crippen molar-refractivity contribution in [3.63, 3.8) is 0 Å². The zero-order valence-corrected chi connectivity index (χ0v) is 14.0. The van der Waals surface area contributed by atoms with Gasteiger partial charge in [-0.2, -0.15) is 8.42 Å². The molecule has 1 aromatic heterocycles. The number of carbonyl (C=O) groups excluding carboxylic acids is 1. The van der Waals surface area contributed by atoms with Crippen LogP contribution in [0.1, 0.15) is 15.2 Å². The predicted molar refractivity (Wildman–Crippen MR) is 89.2 cm³/mol. The van der Waals surface area contributed by atoms with Gasteiger partial charge >= 0.3 is 10.2 Å². The number of fused-ring (bicyclic) bond motifs is 1. The van der Waals surface area contributed by atoms with Crippen LogP contribution < -0.4 is 13.9 Å². The maximum Gasteiger partial charge on any atom is 0.326 e. The minimum absolute atomic E-state index is 0.199. The molecular formula is C14H15N3O3S2. The lowest BCUT2D eigenvalue weighted by atomic mass is 10.1. The second-order valence-corrected chi connectivity index (χ2v) is 7.97. The van der Waals surface area contributed by atoms with Crippen LogP contribution in [-0.2, 0) is 10.2 Å². The summed E-state index contributed by atoms with van der Waals surface area (Å²) < 4.78 is 26.7. The summed E-state index contributed by atoms with van der Waals surface area (Å²) >= 11 is 1.36. The number of anilines is 3. The summed E-state index contributed by atoms with van der Waals surface area (Å²) in [7, 11) is -0.499. The van der Waals surface area contributed by atoms with E-state index >= 15 is 0 Å². The topological polar surface area (TPSA) is 69.7 Å². The number of nitrogens with zero attached hydrogens (tertiary/aromatic N) is 2. The molecule has 22 heavy (non-hydrogen) atoms. The van der Waals surface area contributed by atoms with Crippen molar-refractivity contribution in [3.05, 3.63) is 40.1 Å². The molecule has 0 radical (unpaired) electrons. The van der Waals surface area contributed by atoms with Gasteiger partial charge in [0.1, 0.15) is 0 Å². The molecule has 1 aromatic carbocycles. The molecule has 1 amide bonds. The molecule has 0 unspecified atom stereocenters. The number of amides is 1. The zero-order valence-electron chi connectivity index (χ0n) is 12.3. The highest BCUT2D eigenvalue weighted by molar-refractivity contribution is 7.94. The van der Waals surface area contributed by atoms with Gasteiger partial charge in [0.05, 0.1) is 16.3 Å². The number of rotatable bonds is 2. The second-order valence-electron chi connectivity index (χ2n) is 5.03. The van der Waals surface area contributed by atoms with Crippen molar-refractivity contribution in [1.29, 1.82) is 0 Å². The third kappa shape index (κ3) is 2.15. The fourth-order valence-corrected chi connectivity index (χ4v) is 4.12. The molecule has 8 heteroatoms. The van der Waals surface area contributed by atoms with E-state index in [0.29, 0.717) is 21.9 Å². The van der Waals surface area contributed by atoms with E-state index < -0.39 is 10.2 Å². The monoisotopic (exact) mass is 337 g/mol. The van der Waals surface area contributed by atoms with Crippen molar-refractivity contribution in [2.24, 2.45) is 0 Å². The van der Waals surface area contributed by atoms with Crippen LogP contribution in [0.5, 0.6) is 0 Å². The second kappa shape index (κ2) is 4.99. The van der Waals surface area contributed by atoms with Gasteiger partial charge in [-0.25, -0.2) is 0 Å². The van der Waals surface area contributed by atoms with Crippen molar-refractivity contribution in [2.45, 2.75) is 6.92 Å². The molecule has 0 bridgehead atoms. The van der Waals surface area contributed by atoms with Gasteiger partial charge in [0, 0.05) is 19.8 Å². The molecule has 2 heterocycles. The molecule has 116 valence electrons. The molecule has 0 saturated heterocycles. The van der Waals surface area contributed by atoms with Gasteiger partial charge in [0.2, 0.25) is 0 Å². The van der Waals surface area contributed by atoms with Crippen molar-refractivity contribution in [2.75, 3.05) is 28.0 Å². The third-order valence-corrected chi connectivity index (χ3v) is 6.33. The number of nitrogens with one attached hydrogen (secondary N) is 1. The largest absolute Gasteiger partial charge is 0.326 e. The number of thiophene rings is 1. The van der Waals surface area contributed by atoms with Crippen molar-refractivity contribution in [3.8, 4) is 0 Å². The van der Waals surface area contributed by atoms with E-state index in [1.165, 1.54) is 34.0 Å². The molecule has 0 aliphatic carbocycles. The molecule has 0 saturated carbocycles. The van der Waals surface area contributed by atoms with Crippen molar-refractivity contribution < 1.29 is 13.2 Å². The van der Waals surface area contributed by atoms with E-state index in [1.807, 2.05) is 18.4 Å². The first-order valence-electron chi connectivity index (χ1n) is 6.54. The molecule has 0 fully saturated rings. The first-order chi connectivity index (χ1) is 10.3. The molecule has 1 N–H and O–H groups in total. The summed E-state index contributed by atoms with van der Waals surface area (Å²) in [6.07, 6.45) is 0. The van der Waals surface area contributed by atoms with E-state index in [4.69, 9.17) is 0 Å². The third-order valence-electron chi connectivity index (χ3n) is 3.69. The van der Waals surface area contributed by atoms with Crippen LogP contribution in [0.25, 0.3) is 0 Å². The number of carbonyl (C=O) groups is 1. The number of hydrogen-bond acceptors (Lipinski definition) is 4. The van der Waals surface area contributed by atoms with Crippen molar-refractivity contribution in [1.82, 2.24) is 0 Å². The average molecular weight is 337 g/mol. The molecule has 2 aromatic rings. The Hall–Kier alpha value is -2.06. The number of hydrogen-bond donors (Lipinski definition) is 1. The molecular weight excluding hydrogens is 322 g/mol. The number of benzene rings is 1. The minimum atomic E-state index is -3.51. The summed E-state index contributed by atoms with van der Waals surface area (Å²) in [5.74, 6) is -0.199. The number of aryl methyl sites for hydroxylation is 1. The van der Waals surface area contributed by atoms with E-state index in [9.17, 15) is 13.2 Å². The molecule has 1 aliphatic heterocycles. The van der Waals surface area contributed by atoms with Crippen LogP contribution in [0.2, 0.25) is 0 Å². The maximum atomic E-state index is 12.2. The Morgan fingerprint density at radius 3 is 2.41 bits per heavy atom. The van der Waals surface area contributed by atoms with Crippen LogP contribution >= 0.6 is 11.3 Å². The van der Waals surface area contributed by atoms with E-state index in [0.717, 1.165) is 5.56 Å². The van der Waals surface area contributed by atoms with Gasteiger partial charge in [-0.05, 0) is 36.1 Å². The van der Waals surface area contributed by atoms with Crippen LogP contribution in [0.15, 0.2) is 29.6 Å². The average Bonchev–Trinajstić information content (AvgIpc) is 3.05. The summed E-state index contributed by atoms with van der Waals surface area (Å²) in [5, 5.41) is 4.67. The molecule has 3 rings (SSSR count). The molecule has 6 nitrogen and oxygen atoms in total. The Morgan fingerprint density at radius 1 is 1.18 bits per heavy atom. The molecule has 0 atom stereocenters. The van der Waals surface area contributed by atoms with Gasteiger partial charge in [0.25, 0.3) is 5.91 Å². The lowest BCUT2D eigenvalue weighted by Crippen LogP contribution is -2.32. The first kappa shape index (κ1) is 14.9. The van der Waals surface area contributed by atoms with Gasteiger partial charge in [-0.15, -0.1) is 11.3 Å². The quantitative estimate of drug-likeness (QED) is 0.915. The first-order valence-corrected chi connectivity index (χ1v) is 8.82. The maximum absolute atomic E-state index is 12.2. The zero-order chi connectivity index (χ0) is 16.1. The normalized spacial score (nSPS) is 15.8. The van der Waals surface area contributed by atoms with Gasteiger partial charge in [0.15, 0.2) is 0 Å². The highest BCUT2D eigenvalue weighted by Gasteiger charge is 2.36. The highest BCUT2D eigenvalue weighted by Crippen LogP contribution is 2.42. The highest BCUT2D eigenvalue weighted by atomic mass is 32.2. The summed E-state index contributed by atoms with van der Waals surface area (Å²) in [6.45, 7) is 1.84. The Bertz CT molecular complexity index is 844. The van der Waals surface area contributed by atoms with Crippen LogP contribution in [0.3, 0.4) is 0 Å². The summed E-state index contributed by atoms with van der Waals surface area (Å²) in [6, 6.07) is 7.01. The smallest absolute Gasteiger partial charge is 0.321 e. The van der Waals surface area contributed by atoms with E-state index in [2.05, 4.69) is 5.32 Å². The predicted octanol–water partition coefficient (Wildman–Crippen LogP) is 2.44. The molecule has 1 aliphatic rings. The van der Waals surface area contributed by atoms with Crippen LogP contribution in [0, 0.1) is 6.92 Å². The SMILES string of the molecule is Cc1cc2c(cc1NC(=O)c1cccs1)N(C)S(=O)(=O)N2C. The Balaban J connectivity index is 2.00. The standard InChI is InChI=1S/C14H15N3O3S2/c1-9-7-11-12(17(3)22(19,20)16(11)2)8-10(9)15-14(18)13-5-4-6-21-13/h4-8H,1-3H3,(H,15,18). The Labute approximate surface area is 133 Å². The lowest BCUT2D eigenvalue weighted by molar-refractivity contribution is 0.103. The van der Waals surface area contributed by atoms with E-state index in [-0.39, 0.29) is 5.91 Å². The fraction of sp³-hybridized carbons (Fsp3) is 0.214. The summed E-state index contributed by atoms with van der Waals surface area (Å²) in [4.78, 5) is 12.8.